The van der Waals surface area contributed by atoms with Gasteiger partial charge in [0.2, 0.25) is 0 Å². The van der Waals surface area contributed by atoms with Crippen molar-refractivity contribution in [2.75, 3.05) is 31.0 Å². The number of hydrogen-bond acceptors (Lipinski definition) is 5. The van der Waals surface area contributed by atoms with E-state index in [1.165, 1.54) is 23.5 Å². The summed E-state index contributed by atoms with van der Waals surface area (Å²) in [6.45, 7) is 2.98. The molecule has 1 amide bonds. The van der Waals surface area contributed by atoms with Crippen molar-refractivity contribution in [1.82, 2.24) is 4.90 Å². The molecular weight excluding hydrogens is 404 g/mol. The number of esters is 1. The van der Waals surface area contributed by atoms with E-state index in [2.05, 4.69) is 0 Å². The standard InChI is InChI=1S/C22H26N2O5S/c1-3-29-22(26)17-12-14-24(15-13-17)21(25)18-8-7-11-20(16-18)30(27,28)23(2)19-9-5-4-6-10-19/h4-11,16-17H,3,12-15H2,1-2H3. The van der Waals surface area contributed by atoms with Crippen molar-refractivity contribution in [3.8, 4) is 0 Å². The molecule has 0 bridgehead atoms. The van der Waals surface area contributed by atoms with Gasteiger partial charge in [-0.2, -0.15) is 0 Å². The third kappa shape index (κ3) is 4.64. The number of carbonyl (C=O) groups is 2. The first kappa shape index (κ1) is 21.8. The molecule has 0 radical (unpaired) electrons. The predicted octanol–water partition coefficient (Wildman–Crippen LogP) is 2.93. The molecule has 0 unspecified atom stereocenters. The van der Waals surface area contributed by atoms with E-state index in [1.54, 1.807) is 48.2 Å². The molecule has 0 aromatic heterocycles. The zero-order chi connectivity index (χ0) is 21.7. The number of likely N-dealkylation sites (tertiary alicyclic amines) is 1. The van der Waals surface area contributed by atoms with Crippen molar-refractivity contribution in [2.24, 2.45) is 5.92 Å². The lowest BCUT2D eigenvalue weighted by Crippen LogP contribution is -2.40. The molecule has 0 aliphatic carbocycles. The predicted molar refractivity (Wildman–Crippen MR) is 114 cm³/mol. The summed E-state index contributed by atoms with van der Waals surface area (Å²) in [6.07, 6.45) is 1.08. The van der Waals surface area contributed by atoms with Crippen LogP contribution in [-0.4, -0.2) is 51.9 Å². The second-order valence-electron chi connectivity index (χ2n) is 7.15. The van der Waals surface area contributed by atoms with Crippen LogP contribution in [0.15, 0.2) is 59.5 Å². The van der Waals surface area contributed by atoms with Crippen molar-refractivity contribution in [3.05, 3.63) is 60.2 Å². The van der Waals surface area contributed by atoms with E-state index in [0.717, 1.165) is 0 Å². The number of amides is 1. The van der Waals surface area contributed by atoms with Crippen LogP contribution in [0.25, 0.3) is 0 Å². The molecule has 1 aliphatic heterocycles. The van der Waals surface area contributed by atoms with Crippen molar-refractivity contribution in [1.29, 1.82) is 0 Å². The number of sulfonamides is 1. The van der Waals surface area contributed by atoms with Crippen LogP contribution in [0.3, 0.4) is 0 Å². The molecule has 7 nitrogen and oxygen atoms in total. The number of rotatable bonds is 6. The Bertz CT molecular complexity index is 999. The Hall–Kier alpha value is -2.87. The summed E-state index contributed by atoms with van der Waals surface area (Å²) >= 11 is 0. The minimum absolute atomic E-state index is 0.0566. The summed E-state index contributed by atoms with van der Waals surface area (Å²) in [4.78, 5) is 26.5. The first-order chi connectivity index (χ1) is 14.3. The van der Waals surface area contributed by atoms with Crippen LogP contribution >= 0.6 is 0 Å². The smallest absolute Gasteiger partial charge is 0.309 e. The van der Waals surface area contributed by atoms with Crippen molar-refractivity contribution in [2.45, 2.75) is 24.7 Å². The van der Waals surface area contributed by atoms with Crippen molar-refractivity contribution < 1.29 is 22.7 Å². The number of nitrogens with zero attached hydrogens (tertiary/aromatic N) is 2. The van der Waals surface area contributed by atoms with Gasteiger partial charge in [-0.15, -0.1) is 0 Å². The van der Waals surface area contributed by atoms with Gasteiger partial charge in [-0.1, -0.05) is 24.3 Å². The molecule has 3 rings (SSSR count). The fourth-order valence-electron chi connectivity index (χ4n) is 3.49. The highest BCUT2D eigenvalue weighted by atomic mass is 32.2. The summed E-state index contributed by atoms with van der Waals surface area (Å²) < 4.78 is 32.3. The normalized spacial score (nSPS) is 14.9. The van der Waals surface area contributed by atoms with E-state index in [1.807, 2.05) is 6.07 Å². The molecule has 1 fully saturated rings. The van der Waals surface area contributed by atoms with E-state index in [4.69, 9.17) is 4.74 Å². The molecule has 0 spiro atoms. The molecule has 0 atom stereocenters. The number of para-hydroxylation sites is 1. The molecule has 8 heteroatoms. The second kappa shape index (κ2) is 9.30. The van der Waals surface area contributed by atoms with Crippen LogP contribution < -0.4 is 4.31 Å². The topological polar surface area (TPSA) is 84.0 Å². The van der Waals surface area contributed by atoms with E-state index in [0.29, 0.717) is 43.8 Å². The molecule has 0 N–H and O–H groups in total. The second-order valence-corrected chi connectivity index (χ2v) is 9.12. The number of ether oxygens (including phenoxy) is 1. The van der Waals surface area contributed by atoms with Gasteiger partial charge in [-0.3, -0.25) is 13.9 Å². The van der Waals surface area contributed by atoms with Gasteiger partial charge in [0, 0.05) is 25.7 Å². The Morgan fingerprint density at radius 2 is 1.73 bits per heavy atom. The Labute approximate surface area is 177 Å². The Morgan fingerprint density at radius 3 is 2.37 bits per heavy atom. The number of piperidine rings is 1. The number of anilines is 1. The van der Waals surface area contributed by atoms with Crippen LogP contribution in [0.1, 0.15) is 30.1 Å². The molecule has 1 heterocycles. The largest absolute Gasteiger partial charge is 0.466 e. The number of benzene rings is 2. The first-order valence-electron chi connectivity index (χ1n) is 9.94. The number of carbonyl (C=O) groups excluding carboxylic acids is 2. The maximum atomic E-state index is 13.0. The van der Waals surface area contributed by atoms with Gasteiger partial charge in [0.25, 0.3) is 15.9 Å². The van der Waals surface area contributed by atoms with E-state index in [9.17, 15) is 18.0 Å². The molecule has 2 aromatic carbocycles. The highest BCUT2D eigenvalue weighted by Gasteiger charge is 2.29. The van der Waals surface area contributed by atoms with Crippen molar-refractivity contribution in [3.63, 3.8) is 0 Å². The molecule has 160 valence electrons. The Kier molecular flexibility index (Phi) is 6.77. The lowest BCUT2D eigenvalue weighted by Gasteiger charge is -2.31. The fourth-order valence-corrected chi connectivity index (χ4v) is 4.73. The van der Waals surface area contributed by atoms with Crippen LogP contribution in [0.2, 0.25) is 0 Å². The highest BCUT2D eigenvalue weighted by molar-refractivity contribution is 7.92. The summed E-state index contributed by atoms with van der Waals surface area (Å²) in [5.74, 6) is -0.654. The zero-order valence-electron chi connectivity index (χ0n) is 17.2. The number of hydrogen-bond donors (Lipinski definition) is 0. The van der Waals surface area contributed by atoms with Gasteiger partial charge >= 0.3 is 5.97 Å². The molecule has 2 aromatic rings. The SMILES string of the molecule is CCOC(=O)C1CCN(C(=O)c2cccc(S(=O)(=O)N(C)c3ccccc3)c2)CC1. The van der Waals surface area contributed by atoms with Crippen LogP contribution in [0.4, 0.5) is 5.69 Å². The third-order valence-electron chi connectivity index (χ3n) is 5.26. The van der Waals surface area contributed by atoms with Gasteiger partial charge in [-0.05, 0) is 50.1 Å². The summed E-state index contributed by atoms with van der Waals surface area (Å²) in [7, 11) is -2.32. The quantitative estimate of drug-likeness (QED) is 0.658. The van der Waals surface area contributed by atoms with Gasteiger partial charge in [0.15, 0.2) is 0 Å². The minimum atomic E-state index is -3.80. The van der Waals surface area contributed by atoms with Crippen molar-refractivity contribution >= 4 is 27.6 Å². The molecule has 30 heavy (non-hydrogen) atoms. The van der Waals surface area contributed by atoms with Gasteiger partial charge in [0.1, 0.15) is 0 Å². The minimum Gasteiger partial charge on any atom is -0.466 e. The maximum Gasteiger partial charge on any atom is 0.309 e. The first-order valence-corrected chi connectivity index (χ1v) is 11.4. The summed E-state index contributed by atoms with van der Waals surface area (Å²) in [5, 5.41) is 0. The third-order valence-corrected chi connectivity index (χ3v) is 7.04. The van der Waals surface area contributed by atoms with Gasteiger partial charge < -0.3 is 9.64 Å². The van der Waals surface area contributed by atoms with Crippen LogP contribution in [-0.2, 0) is 19.6 Å². The van der Waals surface area contributed by atoms with E-state index < -0.39 is 10.0 Å². The molecule has 1 aliphatic rings. The Morgan fingerprint density at radius 1 is 1.07 bits per heavy atom. The average molecular weight is 431 g/mol. The highest BCUT2D eigenvalue weighted by Crippen LogP contribution is 2.24. The lowest BCUT2D eigenvalue weighted by molar-refractivity contribution is -0.149. The molecular formula is C22H26N2O5S. The van der Waals surface area contributed by atoms with Gasteiger partial charge in [-0.25, -0.2) is 8.42 Å². The van der Waals surface area contributed by atoms with Crippen LogP contribution in [0, 0.1) is 5.92 Å². The monoisotopic (exact) mass is 430 g/mol. The van der Waals surface area contributed by atoms with E-state index in [-0.39, 0.29) is 22.7 Å². The average Bonchev–Trinajstić information content (AvgIpc) is 2.79. The molecule has 0 saturated carbocycles. The van der Waals surface area contributed by atoms with Crippen LogP contribution in [0.5, 0.6) is 0 Å². The van der Waals surface area contributed by atoms with E-state index >= 15 is 0 Å². The fraction of sp³-hybridized carbons (Fsp3) is 0.364. The molecule has 1 saturated heterocycles. The summed E-state index contributed by atoms with van der Waals surface area (Å²) in [5.41, 5.74) is 0.849. The Balaban J connectivity index is 1.74. The summed E-state index contributed by atoms with van der Waals surface area (Å²) in [6, 6.07) is 14.8. The van der Waals surface area contributed by atoms with Gasteiger partial charge in [0.05, 0.1) is 23.1 Å². The maximum absolute atomic E-state index is 13.0. The zero-order valence-corrected chi connectivity index (χ0v) is 18.0. The lowest BCUT2D eigenvalue weighted by atomic mass is 9.96.